The van der Waals surface area contributed by atoms with Crippen molar-refractivity contribution >= 4 is 64.3 Å². The van der Waals surface area contributed by atoms with Gasteiger partial charge >= 0.3 is 0 Å². The van der Waals surface area contributed by atoms with Gasteiger partial charge in [-0.15, -0.1) is 11.3 Å². The minimum Gasteiger partial charge on any atom is -0.242 e. The number of hydrogen-bond acceptors (Lipinski definition) is 3. The zero-order valence-electron chi connectivity index (χ0n) is 25.5. The number of rotatable bonds is 2. The van der Waals surface area contributed by atoms with E-state index in [2.05, 4.69) is 147 Å². The molecule has 0 radical (unpaired) electrons. The first kappa shape index (κ1) is 25.9. The maximum atomic E-state index is 5.37. The lowest BCUT2D eigenvalue weighted by Gasteiger charge is -2.24. The molecule has 0 atom stereocenters. The molecule has 0 saturated carbocycles. The summed E-state index contributed by atoms with van der Waals surface area (Å²) in [7, 11) is 0. The summed E-state index contributed by atoms with van der Waals surface area (Å²) in [6.07, 6.45) is 0. The van der Waals surface area contributed by atoms with Gasteiger partial charge in [0.15, 0.2) is 0 Å². The molecular formula is C43H28N2S. The third-order valence-electron chi connectivity index (χ3n) is 10.0. The molecule has 0 unspecified atom stereocenters. The number of hydrogen-bond donors (Lipinski definition) is 0. The van der Waals surface area contributed by atoms with Gasteiger partial charge in [0.1, 0.15) is 10.3 Å². The predicted octanol–water partition coefficient (Wildman–Crippen LogP) is 11.9. The van der Waals surface area contributed by atoms with Crippen molar-refractivity contribution < 1.29 is 0 Å². The standard InChI is InChI=1S/C43H28N2S/c1-43(2)36-20-8-7-15-31(36)32-19-10-18-28(38(32)43)27-12-9-11-25(23-27)26-21-22-37-35(24-26)41-42(46-37)45-40-34-17-6-4-14-30(34)29-13-3-5-16-33(29)39(40)44-41/h3-24H,1-2H3. The Hall–Kier alpha value is -5.38. The van der Waals surface area contributed by atoms with Gasteiger partial charge in [-0.1, -0.05) is 129 Å². The first-order chi connectivity index (χ1) is 22.6. The fourth-order valence-electron chi connectivity index (χ4n) is 7.93. The van der Waals surface area contributed by atoms with Gasteiger partial charge in [-0.3, -0.25) is 0 Å². The number of fused-ring (bicyclic) bond motifs is 12. The van der Waals surface area contributed by atoms with Crippen LogP contribution in [-0.4, -0.2) is 9.97 Å². The van der Waals surface area contributed by atoms with Gasteiger partial charge in [0, 0.05) is 26.3 Å². The summed E-state index contributed by atoms with van der Waals surface area (Å²) < 4.78 is 1.21. The van der Waals surface area contributed by atoms with E-state index in [-0.39, 0.29) is 5.41 Å². The summed E-state index contributed by atoms with van der Waals surface area (Å²) >= 11 is 1.73. The molecule has 0 fully saturated rings. The van der Waals surface area contributed by atoms with Crippen molar-refractivity contribution in [2.24, 2.45) is 0 Å². The molecule has 3 heteroatoms. The maximum absolute atomic E-state index is 5.37. The van der Waals surface area contributed by atoms with Crippen LogP contribution in [0.2, 0.25) is 0 Å². The highest BCUT2D eigenvalue weighted by Gasteiger charge is 2.37. The van der Waals surface area contributed by atoms with Gasteiger partial charge in [-0.05, 0) is 73.5 Å². The van der Waals surface area contributed by atoms with Crippen molar-refractivity contribution in [3.8, 4) is 33.4 Å². The van der Waals surface area contributed by atoms with Crippen LogP contribution in [-0.2, 0) is 5.41 Å². The third kappa shape index (κ3) is 3.52. The van der Waals surface area contributed by atoms with Crippen LogP contribution >= 0.6 is 11.3 Å². The van der Waals surface area contributed by atoms with E-state index in [0.29, 0.717) is 0 Å². The molecule has 1 aliphatic carbocycles. The lowest BCUT2D eigenvalue weighted by atomic mass is 9.78. The quantitative estimate of drug-likeness (QED) is 0.183. The average Bonchev–Trinajstić information content (AvgIpc) is 3.58. The largest absolute Gasteiger partial charge is 0.242 e. The van der Waals surface area contributed by atoms with E-state index in [9.17, 15) is 0 Å². The lowest BCUT2D eigenvalue weighted by molar-refractivity contribution is 0.662. The monoisotopic (exact) mass is 604 g/mol. The molecule has 0 spiro atoms. The average molecular weight is 605 g/mol. The van der Waals surface area contributed by atoms with E-state index in [1.807, 2.05) is 0 Å². The molecule has 1 aliphatic rings. The predicted molar refractivity (Wildman–Crippen MR) is 196 cm³/mol. The minimum atomic E-state index is -0.0655. The molecule has 2 heterocycles. The Morgan fingerprint density at radius 2 is 1.07 bits per heavy atom. The van der Waals surface area contributed by atoms with Gasteiger partial charge in [0.05, 0.1) is 11.0 Å². The second-order valence-electron chi connectivity index (χ2n) is 13.0. The van der Waals surface area contributed by atoms with Crippen molar-refractivity contribution in [2.75, 3.05) is 0 Å². The van der Waals surface area contributed by atoms with Crippen LogP contribution < -0.4 is 0 Å². The first-order valence-electron chi connectivity index (χ1n) is 15.8. The van der Waals surface area contributed by atoms with Gasteiger partial charge in [0.2, 0.25) is 0 Å². The Morgan fingerprint density at radius 3 is 1.87 bits per heavy atom. The molecule has 46 heavy (non-hydrogen) atoms. The van der Waals surface area contributed by atoms with E-state index >= 15 is 0 Å². The van der Waals surface area contributed by atoms with E-state index in [1.54, 1.807) is 11.3 Å². The van der Waals surface area contributed by atoms with Crippen molar-refractivity contribution in [2.45, 2.75) is 19.3 Å². The topological polar surface area (TPSA) is 25.8 Å². The second kappa shape index (κ2) is 9.32. The highest BCUT2D eigenvalue weighted by Crippen LogP contribution is 2.52. The number of thiophene rings is 1. The molecular weight excluding hydrogens is 577 g/mol. The Kier molecular flexibility index (Phi) is 5.25. The van der Waals surface area contributed by atoms with Crippen molar-refractivity contribution in [3.63, 3.8) is 0 Å². The smallest absolute Gasteiger partial charge is 0.143 e. The molecule has 2 nitrogen and oxygen atoms in total. The van der Waals surface area contributed by atoms with Gasteiger partial charge < -0.3 is 0 Å². The SMILES string of the molecule is CC1(C)c2ccccc2-c2cccc(-c3cccc(-c4ccc5sc6nc7c8ccccc8c8ccccc8c7nc6c5c4)c3)c21. The molecule has 0 aliphatic heterocycles. The molecule has 0 bridgehead atoms. The summed E-state index contributed by atoms with van der Waals surface area (Å²) in [4.78, 5) is 11.6. The normalized spacial score (nSPS) is 13.6. The molecule has 216 valence electrons. The number of nitrogens with zero attached hydrogens (tertiary/aromatic N) is 2. The number of benzene rings is 7. The molecule has 9 aromatic rings. The van der Waals surface area contributed by atoms with E-state index in [4.69, 9.17) is 9.97 Å². The van der Waals surface area contributed by atoms with Crippen LogP contribution in [0.1, 0.15) is 25.0 Å². The molecule has 7 aromatic carbocycles. The number of aromatic nitrogens is 2. The molecule has 0 N–H and O–H groups in total. The Labute approximate surface area is 270 Å². The Bertz CT molecular complexity index is 2730. The van der Waals surface area contributed by atoms with E-state index in [0.717, 1.165) is 37.5 Å². The fourth-order valence-corrected chi connectivity index (χ4v) is 8.93. The Balaban J connectivity index is 1.15. The van der Waals surface area contributed by atoms with Crippen LogP contribution in [0.25, 0.3) is 86.4 Å². The lowest BCUT2D eigenvalue weighted by Crippen LogP contribution is -2.16. The highest BCUT2D eigenvalue weighted by molar-refractivity contribution is 7.25. The van der Waals surface area contributed by atoms with Crippen LogP contribution in [0.5, 0.6) is 0 Å². The van der Waals surface area contributed by atoms with Crippen LogP contribution in [0.4, 0.5) is 0 Å². The highest BCUT2D eigenvalue weighted by atomic mass is 32.1. The molecule has 10 rings (SSSR count). The summed E-state index contributed by atoms with van der Waals surface area (Å²) in [5, 5.41) is 5.90. The summed E-state index contributed by atoms with van der Waals surface area (Å²) in [5.74, 6) is 0. The zero-order chi connectivity index (χ0) is 30.6. The van der Waals surface area contributed by atoms with Gasteiger partial charge in [0.25, 0.3) is 0 Å². The third-order valence-corrected chi connectivity index (χ3v) is 11.1. The van der Waals surface area contributed by atoms with Crippen molar-refractivity contribution in [1.82, 2.24) is 9.97 Å². The summed E-state index contributed by atoms with van der Waals surface area (Å²) in [6, 6.07) is 48.6. The zero-order valence-corrected chi connectivity index (χ0v) is 26.3. The second-order valence-corrected chi connectivity index (χ2v) is 14.0. The van der Waals surface area contributed by atoms with E-state index in [1.165, 1.54) is 60.0 Å². The van der Waals surface area contributed by atoms with Crippen LogP contribution in [0.15, 0.2) is 133 Å². The van der Waals surface area contributed by atoms with Crippen LogP contribution in [0.3, 0.4) is 0 Å². The fraction of sp³-hybridized carbons (Fsp3) is 0.0698. The van der Waals surface area contributed by atoms with Crippen LogP contribution in [0, 0.1) is 0 Å². The maximum Gasteiger partial charge on any atom is 0.143 e. The van der Waals surface area contributed by atoms with E-state index < -0.39 is 0 Å². The molecule has 0 saturated heterocycles. The minimum absolute atomic E-state index is 0.0655. The first-order valence-corrected chi connectivity index (χ1v) is 16.7. The molecule has 2 aromatic heterocycles. The Morgan fingerprint density at radius 1 is 0.457 bits per heavy atom. The van der Waals surface area contributed by atoms with Crippen molar-refractivity contribution in [1.29, 1.82) is 0 Å². The molecule has 0 amide bonds. The van der Waals surface area contributed by atoms with Crippen molar-refractivity contribution in [3.05, 3.63) is 145 Å². The van der Waals surface area contributed by atoms with Gasteiger partial charge in [-0.25, -0.2) is 9.97 Å². The summed E-state index contributed by atoms with van der Waals surface area (Å²) in [6.45, 7) is 4.72. The van der Waals surface area contributed by atoms with Gasteiger partial charge in [-0.2, -0.15) is 0 Å². The summed E-state index contributed by atoms with van der Waals surface area (Å²) in [5.41, 5.74) is 13.3.